The molecule has 2 aromatic carbocycles. The molecule has 0 aliphatic rings. The Morgan fingerprint density at radius 2 is 1.71 bits per heavy atom. The summed E-state index contributed by atoms with van der Waals surface area (Å²) in [6.07, 6.45) is 3.74. The van der Waals surface area contributed by atoms with Gasteiger partial charge in [-0.05, 0) is 35.7 Å². The average molecular weight is 286 g/mol. The second kappa shape index (κ2) is 7.64. The van der Waals surface area contributed by atoms with Gasteiger partial charge in [0.1, 0.15) is 0 Å². The standard InChI is InChI=1S/C17H22N2O2/c18-16-12-14-8-4-3-7-13(14)11-15(16)17(21)19-9-5-1-2-6-10-20/h3-4,7-8,11-12,20H,1-2,5-6,9-10,18H2,(H,19,21). The van der Waals surface area contributed by atoms with Gasteiger partial charge < -0.3 is 16.2 Å². The lowest BCUT2D eigenvalue weighted by Crippen LogP contribution is -2.25. The van der Waals surface area contributed by atoms with Gasteiger partial charge >= 0.3 is 0 Å². The predicted octanol–water partition coefficient (Wildman–Crippen LogP) is 2.70. The molecule has 2 aromatic rings. The van der Waals surface area contributed by atoms with Crippen LogP contribution >= 0.6 is 0 Å². The number of carbonyl (C=O) groups is 1. The van der Waals surface area contributed by atoms with Gasteiger partial charge in [-0.2, -0.15) is 0 Å². The van der Waals surface area contributed by atoms with Gasteiger partial charge in [0.25, 0.3) is 5.91 Å². The van der Waals surface area contributed by atoms with E-state index in [0.29, 0.717) is 17.8 Å². The van der Waals surface area contributed by atoms with Crippen molar-refractivity contribution in [2.45, 2.75) is 25.7 Å². The number of amides is 1. The smallest absolute Gasteiger partial charge is 0.253 e. The molecule has 1 amide bonds. The first-order valence-corrected chi connectivity index (χ1v) is 7.39. The van der Waals surface area contributed by atoms with Crippen molar-refractivity contribution in [2.75, 3.05) is 18.9 Å². The SMILES string of the molecule is Nc1cc2ccccc2cc1C(=O)NCCCCCCO. The summed E-state index contributed by atoms with van der Waals surface area (Å²) in [5.41, 5.74) is 7.01. The molecule has 0 unspecified atom stereocenters. The van der Waals surface area contributed by atoms with E-state index in [1.165, 1.54) is 0 Å². The van der Waals surface area contributed by atoms with E-state index in [4.69, 9.17) is 10.8 Å². The third-order valence-corrected chi connectivity index (χ3v) is 3.53. The van der Waals surface area contributed by atoms with Crippen molar-refractivity contribution >= 4 is 22.4 Å². The molecule has 4 N–H and O–H groups in total. The fourth-order valence-electron chi connectivity index (χ4n) is 2.34. The molecule has 4 nitrogen and oxygen atoms in total. The molecule has 112 valence electrons. The lowest BCUT2D eigenvalue weighted by molar-refractivity contribution is 0.0954. The Morgan fingerprint density at radius 3 is 2.43 bits per heavy atom. The van der Waals surface area contributed by atoms with E-state index in [2.05, 4.69) is 5.32 Å². The topological polar surface area (TPSA) is 75.4 Å². The number of anilines is 1. The molecule has 0 aliphatic heterocycles. The minimum atomic E-state index is -0.125. The number of carbonyl (C=O) groups excluding carboxylic acids is 1. The van der Waals surface area contributed by atoms with Crippen LogP contribution in [0.25, 0.3) is 10.8 Å². The summed E-state index contributed by atoms with van der Waals surface area (Å²) < 4.78 is 0. The summed E-state index contributed by atoms with van der Waals surface area (Å²) in [5.74, 6) is -0.125. The number of rotatable bonds is 7. The van der Waals surface area contributed by atoms with Crippen molar-refractivity contribution in [1.82, 2.24) is 5.32 Å². The monoisotopic (exact) mass is 286 g/mol. The minimum absolute atomic E-state index is 0.125. The maximum atomic E-state index is 12.2. The van der Waals surface area contributed by atoms with Crippen molar-refractivity contribution in [2.24, 2.45) is 0 Å². The Kier molecular flexibility index (Phi) is 5.58. The van der Waals surface area contributed by atoms with Gasteiger partial charge in [-0.1, -0.05) is 37.1 Å². The zero-order valence-corrected chi connectivity index (χ0v) is 12.1. The summed E-state index contributed by atoms with van der Waals surface area (Å²) in [6, 6.07) is 11.5. The maximum absolute atomic E-state index is 12.2. The van der Waals surface area contributed by atoms with Crippen LogP contribution in [0, 0.1) is 0 Å². The average Bonchev–Trinajstić information content (AvgIpc) is 2.49. The first-order valence-electron chi connectivity index (χ1n) is 7.39. The zero-order chi connectivity index (χ0) is 15.1. The van der Waals surface area contributed by atoms with E-state index < -0.39 is 0 Å². The Balaban J connectivity index is 1.94. The molecular weight excluding hydrogens is 264 g/mol. The minimum Gasteiger partial charge on any atom is -0.398 e. The summed E-state index contributed by atoms with van der Waals surface area (Å²) in [7, 11) is 0. The molecule has 0 radical (unpaired) electrons. The van der Waals surface area contributed by atoms with Gasteiger partial charge in [-0.25, -0.2) is 0 Å². The third-order valence-electron chi connectivity index (χ3n) is 3.53. The molecular formula is C17H22N2O2. The number of aliphatic hydroxyl groups excluding tert-OH is 1. The molecule has 0 saturated heterocycles. The van der Waals surface area contributed by atoms with Crippen molar-refractivity contribution in [1.29, 1.82) is 0 Å². The Bertz CT molecular complexity index is 611. The highest BCUT2D eigenvalue weighted by Gasteiger charge is 2.10. The molecule has 0 spiro atoms. The maximum Gasteiger partial charge on any atom is 0.253 e. The highest BCUT2D eigenvalue weighted by Crippen LogP contribution is 2.21. The van der Waals surface area contributed by atoms with Gasteiger partial charge in [0.15, 0.2) is 0 Å². The third kappa shape index (κ3) is 4.20. The van der Waals surface area contributed by atoms with Crippen LogP contribution in [-0.2, 0) is 0 Å². The van der Waals surface area contributed by atoms with Crippen LogP contribution in [0.1, 0.15) is 36.0 Å². The van der Waals surface area contributed by atoms with E-state index in [1.54, 1.807) is 0 Å². The first-order chi connectivity index (χ1) is 10.2. The largest absolute Gasteiger partial charge is 0.398 e. The number of nitrogens with one attached hydrogen (secondary N) is 1. The Labute approximate surface area is 125 Å². The van der Waals surface area contributed by atoms with E-state index in [9.17, 15) is 4.79 Å². The summed E-state index contributed by atoms with van der Waals surface area (Å²) in [5, 5.41) is 13.6. The lowest BCUT2D eigenvalue weighted by atomic mass is 10.0. The molecule has 21 heavy (non-hydrogen) atoms. The lowest BCUT2D eigenvalue weighted by Gasteiger charge is -2.09. The molecule has 2 rings (SSSR count). The second-order valence-corrected chi connectivity index (χ2v) is 5.18. The second-order valence-electron chi connectivity index (χ2n) is 5.18. The number of unbranched alkanes of at least 4 members (excludes halogenated alkanes) is 3. The molecule has 0 aromatic heterocycles. The summed E-state index contributed by atoms with van der Waals surface area (Å²) >= 11 is 0. The quantitative estimate of drug-likeness (QED) is 0.541. The Hall–Kier alpha value is -2.07. The van der Waals surface area contributed by atoms with Crippen LogP contribution in [0.4, 0.5) is 5.69 Å². The number of nitrogens with two attached hydrogens (primary N) is 1. The molecule has 4 heteroatoms. The van der Waals surface area contributed by atoms with Crippen molar-refractivity contribution in [3.63, 3.8) is 0 Å². The van der Waals surface area contributed by atoms with E-state index in [0.717, 1.165) is 36.5 Å². The first kappa shape index (κ1) is 15.3. The van der Waals surface area contributed by atoms with Gasteiger partial charge in [0.05, 0.1) is 5.56 Å². The van der Waals surface area contributed by atoms with Gasteiger partial charge in [-0.15, -0.1) is 0 Å². The normalized spacial score (nSPS) is 10.7. The van der Waals surface area contributed by atoms with Crippen LogP contribution in [0.15, 0.2) is 36.4 Å². The van der Waals surface area contributed by atoms with Crippen LogP contribution in [0.2, 0.25) is 0 Å². The number of hydrogen-bond donors (Lipinski definition) is 3. The van der Waals surface area contributed by atoms with Crippen LogP contribution < -0.4 is 11.1 Å². The number of benzene rings is 2. The van der Waals surface area contributed by atoms with Gasteiger partial charge in [0.2, 0.25) is 0 Å². The fourth-order valence-corrected chi connectivity index (χ4v) is 2.34. The van der Waals surface area contributed by atoms with Crippen LogP contribution in [-0.4, -0.2) is 24.2 Å². The summed E-state index contributed by atoms with van der Waals surface area (Å²) in [4.78, 5) is 12.2. The summed E-state index contributed by atoms with van der Waals surface area (Å²) in [6.45, 7) is 0.872. The molecule has 0 saturated carbocycles. The Morgan fingerprint density at radius 1 is 1.05 bits per heavy atom. The van der Waals surface area contributed by atoms with E-state index >= 15 is 0 Å². The number of nitrogen functional groups attached to an aromatic ring is 1. The fraction of sp³-hybridized carbons (Fsp3) is 0.353. The van der Waals surface area contributed by atoms with Crippen LogP contribution in [0.3, 0.4) is 0 Å². The van der Waals surface area contributed by atoms with Crippen molar-refractivity contribution in [3.05, 3.63) is 42.0 Å². The van der Waals surface area contributed by atoms with Crippen LogP contribution in [0.5, 0.6) is 0 Å². The number of hydrogen-bond acceptors (Lipinski definition) is 3. The van der Waals surface area contributed by atoms with E-state index in [1.807, 2.05) is 36.4 Å². The van der Waals surface area contributed by atoms with E-state index in [-0.39, 0.29) is 12.5 Å². The molecule has 0 aliphatic carbocycles. The number of fused-ring (bicyclic) bond motifs is 1. The van der Waals surface area contributed by atoms with Gasteiger partial charge in [0, 0.05) is 18.8 Å². The molecule has 0 fully saturated rings. The van der Waals surface area contributed by atoms with Gasteiger partial charge in [-0.3, -0.25) is 4.79 Å². The highest BCUT2D eigenvalue weighted by atomic mass is 16.2. The molecule has 0 atom stereocenters. The van der Waals surface area contributed by atoms with Crippen molar-refractivity contribution < 1.29 is 9.90 Å². The number of aliphatic hydroxyl groups is 1. The predicted molar refractivity (Wildman–Crippen MR) is 86.2 cm³/mol. The zero-order valence-electron chi connectivity index (χ0n) is 12.1. The molecule has 0 bridgehead atoms. The van der Waals surface area contributed by atoms with Crippen molar-refractivity contribution in [3.8, 4) is 0 Å². The highest BCUT2D eigenvalue weighted by molar-refractivity contribution is 6.03. The molecule has 0 heterocycles.